The summed E-state index contributed by atoms with van der Waals surface area (Å²) in [5, 5.41) is 0. The molecule has 2 aromatic carbocycles. The second kappa shape index (κ2) is 6.93. The molecule has 0 unspecified atom stereocenters. The maximum atomic E-state index is 12.7. The van der Waals surface area contributed by atoms with Crippen LogP contribution < -0.4 is 15.3 Å². The number of thiazole rings is 1. The monoisotopic (exact) mass is 391 g/mol. The summed E-state index contributed by atoms with van der Waals surface area (Å²) < 4.78 is 30.0. The lowest BCUT2D eigenvalue weighted by Crippen LogP contribution is -2.18. The van der Waals surface area contributed by atoms with Gasteiger partial charge in [-0.15, -0.1) is 0 Å². The quantitative estimate of drug-likeness (QED) is 0.672. The molecule has 0 saturated carbocycles. The van der Waals surface area contributed by atoms with Crippen molar-refractivity contribution in [3.05, 3.63) is 57.7 Å². The van der Waals surface area contributed by atoms with Crippen molar-refractivity contribution in [1.29, 1.82) is 0 Å². The molecule has 0 spiro atoms. The molecule has 3 N–H and O–H groups in total. The molecule has 3 rings (SSSR count). The molecule has 0 atom stereocenters. The highest BCUT2D eigenvalue weighted by molar-refractivity contribution is 7.92. The van der Waals surface area contributed by atoms with Crippen LogP contribution in [0, 0.1) is 0 Å². The van der Waals surface area contributed by atoms with Gasteiger partial charge >= 0.3 is 4.87 Å². The normalized spacial score (nSPS) is 11.6. The Kier molecular flexibility index (Phi) is 4.84. The van der Waals surface area contributed by atoms with Gasteiger partial charge in [0.05, 0.1) is 26.4 Å². The minimum atomic E-state index is -3.94. The number of carbonyl (C=O) groups is 1. The highest BCUT2D eigenvalue weighted by Gasteiger charge is 2.19. The number of nitrogens with two attached hydrogens (primary N) is 1. The van der Waals surface area contributed by atoms with E-state index in [1.807, 2.05) is 6.92 Å². The molecule has 0 fully saturated rings. The van der Waals surface area contributed by atoms with Crippen LogP contribution in [0.4, 0.5) is 5.69 Å². The lowest BCUT2D eigenvalue weighted by atomic mass is 10.2. The number of amides is 1. The van der Waals surface area contributed by atoms with Crippen LogP contribution in [0.3, 0.4) is 0 Å². The number of aryl methyl sites for hydroxylation is 1. The van der Waals surface area contributed by atoms with E-state index >= 15 is 0 Å². The molecule has 1 amide bonds. The Bertz CT molecular complexity index is 1150. The van der Waals surface area contributed by atoms with Gasteiger partial charge in [-0.05, 0) is 36.8 Å². The van der Waals surface area contributed by atoms with Gasteiger partial charge in [0.25, 0.3) is 15.9 Å². The van der Waals surface area contributed by atoms with Crippen LogP contribution in [0.2, 0.25) is 0 Å². The third-order valence-electron chi connectivity index (χ3n) is 3.83. The lowest BCUT2D eigenvalue weighted by molar-refractivity contribution is 0.100. The molecule has 1 aromatic heterocycles. The smallest absolute Gasteiger partial charge is 0.308 e. The van der Waals surface area contributed by atoms with Crippen LogP contribution in [0.25, 0.3) is 10.2 Å². The van der Waals surface area contributed by atoms with Crippen molar-refractivity contribution in [2.45, 2.75) is 24.8 Å². The second-order valence-corrected chi connectivity index (χ2v) is 8.34. The molecule has 0 aliphatic rings. The zero-order chi connectivity index (χ0) is 18.9. The van der Waals surface area contributed by atoms with Gasteiger partial charge < -0.3 is 5.73 Å². The molecule has 1 heterocycles. The molecule has 136 valence electrons. The number of hydrogen-bond acceptors (Lipinski definition) is 5. The number of nitrogens with zero attached hydrogens (tertiary/aromatic N) is 1. The standard InChI is InChI=1S/C17H17N3O4S2/c1-2-9-20-14-8-7-11(10-15(14)25-17(20)22)26(23,24)19-13-6-4-3-5-12(13)16(18)21/h3-8,10,19H,2,9H2,1H3,(H2,18,21). The van der Waals surface area contributed by atoms with E-state index in [1.165, 1.54) is 24.3 Å². The number of benzene rings is 2. The van der Waals surface area contributed by atoms with Gasteiger partial charge in [-0.1, -0.05) is 30.4 Å². The van der Waals surface area contributed by atoms with Crippen molar-refractivity contribution < 1.29 is 13.2 Å². The Hall–Kier alpha value is -2.65. The molecule has 3 aromatic rings. The average molecular weight is 391 g/mol. The Morgan fingerprint density at radius 2 is 1.96 bits per heavy atom. The number of anilines is 1. The van der Waals surface area contributed by atoms with E-state index < -0.39 is 15.9 Å². The fourth-order valence-electron chi connectivity index (χ4n) is 2.64. The maximum Gasteiger partial charge on any atom is 0.308 e. The SMILES string of the molecule is CCCn1c(=O)sc2cc(S(=O)(=O)Nc3ccccc3C(N)=O)ccc21. The zero-order valence-corrected chi connectivity index (χ0v) is 15.6. The molecule has 26 heavy (non-hydrogen) atoms. The van der Waals surface area contributed by atoms with Gasteiger partial charge in [-0.2, -0.15) is 0 Å². The minimum Gasteiger partial charge on any atom is -0.366 e. The van der Waals surface area contributed by atoms with Gasteiger partial charge in [0, 0.05) is 6.54 Å². The van der Waals surface area contributed by atoms with Crippen molar-refractivity contribution in [3.63, 3.8) is 0 Å². The largest absolute Gasteiger partial charge is 0.366 e. The number of carbonyl (C=O) groups excluding carboxylic acids is 1. The Labute approximate surface area is 154 Å². The number of hydrogen-bond donors (Lipinski definition) is 2. The topological polar surface area (TPSA) is 111 Å². The van der Waals surface area contributed by atoms with E-state index in [-0.39, 0.29) is 21.0 Å². The molecule has 0 aliphatic heterocycles. The van der Waals surface area contributed by atoms with Gasteiger partial charge in [0.15, 0.2) is 0 Å². The van der Waals surface area contributed by atoms with E-state index in [9.17, 15) is 18.0 Å². The molecule has 7 nitrogen and oxygen atoms in total. The van der Waals surface area contributed by atoms with E-state index in [0.717, 1.165) is 17.8 Å². The van der Waals surface area contributed by atoms with Gasteiger partial charge in [0.2, 0.25) is 0 Å². The molecule has 0 radical (unpaired) electrons. The van der Waals surface area contributed by atoms with Crippen molar-refractivity contribution in [2.24, 2.45) is 5.73 Å². The summed E-state index contributed by atoms with van der Waals surface area (Å²) in [4.78, 5) is 23.4. The summed E-state index contributed by atoms with van der Waals surface area (Å²) in [6.45, 7) is 2.55. The first-order valence-corrected chi connectivity index (χ1v) is 10.2. The summed E-state index contributed by atoms with van der Waals surface area (Å²) in [5.41, 5.74) is 6.18. The van der Waals surface area contributed by atoms with Crippen molar-refractivity contribution in [1.82, 2.24) is 4.57 Å². The minimum absolute atomic E-state index is 0.00849. The summed E-state index contributed by atoms with van der Waals surface area (Å²) >= 11 is 1.00. The van der Waals surface area contributed by atoms with Gasteiger partial charge in [-0.3, -0.25) is 18.9 Å². The van der Waals surface area contributed by atoms with Gasteiger partial charge in [-0.25, -0.2) is 8.42 Å². The van der Waals surface area contributed by atoms with Crippen LogP contribution in [0.1, 0.15) is 23.7 Å². The van der Waals surface area contributed by atoms with Gasteiger partial charge in [0.1, 0.15) is 0 Å². The molecular weight excluding hydrogens is 374 g/mol. The average Bonchev–Trinajstić information content (AvgIpc) is 2.90. The Morgan fingerprint density at radius 1 is 1.23 bits per heavy atom. The molecular formula is C17H17N3O4S2. The highest BCUT2D eigenvalue weighted by atomic mass is 32.2. The van der Waals surface area contributed by atoms with Crippen LogP contribution in [-0.4, -0.2) is 18.9 Å². The first-order chi connectivity index (χ1) is 12.3. The number of primary amides is 1. The summed E-state index contributed by atoms with van der Waals surface area (Å²) in [7, 11) is -3.94. The van der Waals surface area contributed by atoms with Crippen LogP contribution in [0.15, 0.2) is 52.2 Å². The molecule has 0 saturated heterocycles. The van der Waals surface area contributed by atoms with Crippen molar-refractivity contribution >= 4 is 43.2 Å². The third-order valence-corrected chi connectivity index (χ3v) is 6.14. The number of rotatable bonds is 6. The summed E-state index contributed by atoms with van der Waals surface area (Å²) in [5.74, 6) is -0.728. The van der Waals surface area contributed by atoms with E-state index in [4.69, 9.17) is 5.73 Å². The fraction of sp³-hybridized carbons (Fsp3) is 0.176. The highest BCUT2D eigenvalue weighted by Crippen LogP contribution is 2.25. The fourth-order valence-corrected chi connectivity index (χ4v) is 4.78. The van der Waals surface area contributed by atoms with Crippen molar-refractivity contribution in [3.8, 4) is 0 Å². The third kappa shape index (κ3) is 3.35. The number of sulfonamides is 1. The maximum absolute atomic E-state index is 12.7. The lowest BCUT2D eigenvalue weighted by Gasteiger charge is -2.11. The number of para-hydroxylation sites is 1. The van der Waals surface area contributed by atoms with Crippen molar-refractivity contribution in [2.75, 3.05) is 4.72 Å². The number of nitrogens with one attached hydrogen (secondary N) is 1. The summed E-state index contributed by atoms with van der Waals surface area (Å²) in [6, 6.07) is 10.6. The predicted octanol–water partition coefficient (Wildman–Crippen LogP) is 2.37. The molecule has 0 bridgehead atoms. The first-order valence-electron chi connectivity index (χ1n) is 7.88. The van der Waals surface area contributed by atoms with E-state index in [0.29, 0.717) is 16.8 Å². The van der Waals surface area contributed by atoms with Crippen LogP contribution in [-0.2, 0) is 16.6 Å². The molecule has 0 aliphatic carbocycles. The van der Waals surface area contributed by atoms with Crippen LogP contribution in [0.5, 0.6) is 0 Å². The Balaban J connectivity index is 2.03. The first kappa shape index (κ1) is 18.2. The predicted molar refractivity (Wildman–Crippen MR) is 102 cm³/mol. The second-order valence-electron chi connectivity index (χ2n) is 5.66. The van der Waals surface area contributed by atoms with Crippen LogP contribution >= 0.6 is 11.3 Å². The number of aromatic nitrogens is 1. The summed E-state index contributed by atoms with van der Waals surface area (Å²) in [6.07, 6.45) is 0.803. The Morgan fingerprint density at radius 3 is 2.65 bits per heavy atom. The van der Waals surface area contributed by atoms with E-state index in [2.05, 4.69) is 4.72 Å². The molecule has 9 heteroatoms. The van der Waals surface area contributed by atoms with E-state index in [1.54, 1.807) is 22.8 Å². The number of fused-ring (bicyclic) bond motifs is 1. The zero-order valence-electron chi connectivity index (χ0n) is 13.9.